The Hall–Kier alpha value is -1.48. The number of hydrogen-bond acceptors (Lipinski definition) is 7. The zero-order valence-electron chi connectivity index (χ0n) is 33.3. The van der Waals surface area contributed by atoms with E-state index in [-0.39, 0.29) is 92.4 Å². The number of rotatable bonds is 4. The number of Topliss-reactive ketones (excluding diaryl/α,β-unsaturated/α-hetero) is 1. The largest absolute Gasteiger partial charge is 2.00 e. The zero-order valence-corrected chi connectivity index (χ0v) is 38.3. The Labute approximate surface area is 360 Å². The molecule has 2 aromatic rings. The number of amides is 2. The number of piperidine rings is 2. The van der Waals surface area contributed by atoms with Crippen molar-refractivity contribution in [3.63, 3.8) is 0 Å². The van der Waals surface area contributed by atoms with Crippen LogP contribution < -0.4 is 17.0 Å². The van der Waals surface area contributed by atoms with Gasteiger partial charge in [-0.3, -0.25) is 9.69 Å². The van der Waals surface area contributed by atoms with E-state index in [4.69, 9.17) is 14.2 Å². The molecule has 3 saturated heterocycles. The van der Waals surface area contributed by atoms with Crippen LogP contribution in [0, 0.1) is 7.43 Å². The molecule has 1 unspecified atom stereocenters. The first-order chi connectivity index (χ1) is 22.6. The van der Waals surface area contributed by atoms with Crippen LogP contribution >= 0.6 is 27.0 Å². The maximum Gasteiger partial charge on any atom is 2.00 e. The number of nitrogens with zero attached hydrogens (tertiary/aromatic N) is 2. The number of carbonyl (C=O) groups excluding carboxylic acids is 3. The third-order valence-corrected chi connectivity index (χ3v) is 8.46. The molecule has 0 saturated carbocycles. The fraction of sp³-hybridized carbons (Fsp3) is 0.600. The molecule has 53 heavy (non-hydrogen) atoms. The number of benzene rings is 2. The van der Waals surface area contributed by atoms with Gasteiger partial charge in [0.2, 0.25) is 0 Å². The average molecular weight is 854 g/mol. The molecule has 3 atom stereocenters. The summed E-state index contributed by atoms with van der Waals surface area (Å²) >= 11 is 0. The van der Waals surface area contributed by atoms with Gasteiger partial charge in [-0.15, -0.1) is 0 Å². The number of carbonyl (C=O) groups is 3. The molecule has 3 heterocycles. The Kier molecular flexibility index (Phi) is 27.8. The van der Waals surface area contributed by atoms with Crippen molar-refractivity contribution in [2.45, 2.75) is 129 Å². The molecule has 3 aliphatic rings. The Morgan fingerprint density at radius 1 is 0.679 bits per heavy atom. The molecule has 2 amide bonds. The predicted molar refractivity (Wildman–Crippen MR) is 221 cm³/mol. The van der Waals surface area contributed by atoms with Gasteiger partial charge >= 0.3 is 35.2 Å². The SMILES string of the molecule is C1CCOC1.CC(C)(C)OC(=O)N1CCCC[C@H]1C(=O)c1ccccc1.CC(C)(C)OC(=O)N1CCCC[C@H]1C(C)(O)c1ccccc1.S.S.[Br-].[CH3-].[Mg+2]. The van der Waals surface area contributed by atoms with Gasteiger partial charge in [-0.25, -0.2) is 9.59 Å². The molecule has 1 N–H and O–H groups in total. The van der Waals surface area contributed by atoms with Gasteiger partial charge in [0.05, 0.1) is 12.1 Å². The summed E-state index contributed by atoms with van der Waals surface area (Å²) < 4.78 is 15.9. The second-order valence-corrected chi connectivity index (χ2v) is 14.9. The number of likely N-dealkylation sites (tertiary alicyclic amines) is 2. The minimum absolute atomic E-state index is 0. The van der Waals surface area contributed by atoms with E-state index in [0.29, 0.717) is 25.1 Å². The van der Waals surface area contributed by atoms with Crippen LogP contribution in [-0.4, -0.2) is 106 Å². The van der Waals surface area contributed by atoms with Gasteiger partial charge in [-0.2, -0.15) is 27.0 Å². The predicted octanol–water partition coefficient (Wildman–Crippen LogP) is 5.44. The molecule has 0 bridgehead atoms. The van der Waals surface area contributed by atoms with Crippen LogP contribution in [0.2, 0.25) is 0 Å². The van der Waals surface area contributed by atoms with Crippen molar-refractivity contribution in [2.75, 3.05) is 26.3 Å². The number of halogens is 1. The molecular weight excluding hydrogens is 789 g/mol. The van der Waals surface area contributed by atoms with Gasteiger partial charge in [0, 0.05) is 31.9 Å². The monoisotopic (exact) mass is 852 g/mol. The average Bonchev–Trinajstić information content (AvgIpc) is 3.65. The summed E-state index contributed by atoms with van der Waals surface area (Å²) in [5, 5.41) is 11.1. The second kappa shape index (κ2) is 26.4. The van der Waals surface area contributed by atoms with Crippen LogP contribution in [0.25, 0.3) is 0 Å². The molecule has 0 spiro atoms. The van der Waals surface area contributed by atoms with Crippen molar-refractivity contribution in [1.82, 2.24) is 9.80 Å². The molecule has 0 aliphatic carbocycles. The van der Waals surface area contributed by atoms with E-state index in [1.165, 1.54) is 12.8 Å². The van der Waals surface area contributed by atoms with E-state index in [0.717, 1.165) is 50.9 Å². The molecule has 3 aliphatic heterocycles. The van der Waals surface area contributed by atoms with Gasteiger partial charge in [-0.1, -0.05) is 60.7 Å². The molecule has 9 nitrogen and oxygen atoms in total. The maximum absolute atomic E-state index is 12.6. The standard InChI is InChI=1S/C18H27NO3.C17H23NO3.C4H8O.CH3.BrH.Mg.2H2S/c1-17(2,3)22-16(20)19-13-9-8-12-15(19)18(4,21)14-10-6-5-7-11-14;1-17(2,3)21-16(20)18-12-8-7-11-14(18)15(19)13-9-5-4-6-10-13;1-2-4-5-3-1;;;;;/h5-7,10-11,15,21H,8-9,12-13H2,1-4H3;4-6,9-10,14H,7-8,11-12H2,1-3H3;1-4H2;1H3;1H;;2*1H2/q;;;-1;;+2;;/p-1/t15-,18?;14-;;;;;;/m00....../s1. The quantitative estimate of drug-likeness (QED) is 0.249. The number of aliphatic hydroxyl groups is 1. The van der Waals surface area contributed by atoms with E-state index < -0.39 is 28.9 Å². The van der Waals surface area contributed by atoms with Crippen LogP contribution in [0.1, 0.15) is 116 Å². The van der Waals surface area contributed by atoms with Crippen LogP contribution in [0.3, 0.4) is 0 Å². The molecule has 5 rings (SSSR count). The van der Waals surface area contributed by atoms with E-state index in [1.54, 1.807) is 28.9 Å². The van der Waals surface area contributed by atoms with Crippen molar-refractivity contribution in [2.24, 2.45) is 0 Å². The third kappa shape index (κ3) is 18.8. The van der Waals surface area contributed by atoms with Crippen LogP contribution in [0.5, 0.6) is 0 Å². The minimum Gasteiger partial charge on any atom is -1.00 e. The van der Waals surface area contributed by atoms with Crippen LogP contribution in [0.15, 0.2) is 60.7 Å². The van der Waals surface area contributed by atoms with Crippen molar-refractivity contribution in [3.05, 3.63) is 79.2 Å². The van der Waals surface area contributed by atoms with Crippen LogP contribution in [0.4, 0.5) is 9.59 Å². The van der Waals surface area contributed by atoms with E-state index in [2.05, 4.69) is 0 Å². The maximum atomic E-state index is 12.6. The Balaban J connectivity index is -0.000000767. The number of hydrogen-bond donors (Lipinski definition) is 1. The topological polar surface area (TPSA) is 106 Å². The van der Waals surface area contributed by atoms with Gasteiger partial charge in [0.1, 0.15) is 16.8 Å². The molecule has 2 aromatic carbocycles. The molecule has 298 valence electrons. The summed E-state index contributed by atoms with van der Waals surface area (Å²) in [4.78, 5) is 40.7. The van der Waals surface area contributed by atoms with Crippen LogP contribution in [-0.2, 0) is 19.8 Å². The van der Waals surface area contributed by atoms with Gasteiger partial charge in [0.15, 0.2) is 5.78 Å². The minimum atomic E-state index is -1.08. The molecule has 0 aromatic heterocycles. The molecule has 13 heteroatoms. The van der Waals surface area contributed by atoms with Crippen molar-refractivity contribution in [3.8, 4) is 0 Å². The first-order valence-electron chi connectivity index (χ1n) is 17.5. The molecular formula is C40H65BrMgN2O7S2. The molecule has 0 radical (unpaired) electrons. The summed E-state index contributed by atoms with van der Waals surface area (Å²) in [6.45, 7) is 16.1. The summed E-state index contributed by atoms with van der Waals surface area (Å²) in [6, 6.07) is 18.0. The first kappa shape index (κ1) is 55.9. The number of ether oxygens (including phenoxy) is 3. The third-order valence-electron chi connectivity index (χ3n) is 8.46. The summed E-state index contributed by atoms with van der Waals surface area (Å²) in [5.41, 5.74) is -0.682. The molecule has 3 fully saturated rings. The number of ketones is 1. The summed E-state index contributed by atoms with van der Waals surface area (Å²) in [6.07, 6.45) is 7.13. The summed E-state index contributed by atoms with van der Waals surface area (Å²) in [5.74, 6) is 0.00107. The fourth-order valence-corrected chi connectivity index (χ4v) is 6.07. The zero-order chi connectivity index (χ0) is 35.4. The van der Waals surface area contributed by atoms with E-state index in [9.17, 15) is 19.5 Å². The van der Waals surface area contributed by atoms with E-state index in [1.807, 2.05) is 90.1 Å². The first-order valence-corrected chi connectivity index (χ1v) is 17.5. The Morgan fingerprint density at radius 3 is 1.57 bits per heavy atom. The second-order valence-electron chi connectivity index (χ2n) is 14.9. The smallest absolute Gasteiger partial charge is 1.00 e. The van der Waals surface area contributed by atoms with Crippen molar-refractivity contribution < 1.29 is 50.7 Å². The Morgan fingerprint density at radius 2 is 1.11 bits per heavy atom. The van der Waals surface area contributed by atoms with Gasteiger partial charge in [0.25, 0.3) is 0 Å². The summed E-state index contributed by atoms with van der Waals surface area (Å²) in [7, 11) is 0. The normalized spacial score (nSPS) is 19.0. The van der Waals surface area contributed by atoms with Crippen molar-refractivity contribution >= 4 is 68.0 Å². The van der Waals surface area contributed by atoms with Crippen molar-refractivity contribution in [1.29, 1.82) is 0 Å². The van der Waals surface area contributed by atoms with Gasteiger partial charge < -0.3 is 48.6 Å². The Bertz CT molecular complexity index is 1300. The van der Waals surface area contributed by atoms with Gasteiger partial charge in [-0.05, 0) is 105 Å². The fourth-order valence-electron chi connectivity index (χ4n) is 6.07. The van der Waals surface area contributed by atoms with E-state index >= 15 is 0 Å².